The number of halogens is 3. The van der Waals surface area contributed by atoms with Crippen LogP contribution in [-0.4, -0.2) is 32.5 Å². The normalized spacial score (nSPS) is 15.4. The first-order chi connectivity index (χ1) is 12.6. The van der Waals surface area contributed by atoms with Gasteiger partial charge in [0.2, 0.25) is 0 Å². The Morgan fingerprint density at radius 1 is 0.963 bits per heavy atom. The zero-order valence-corrected chi connectivity index (χ0v) is 15.1. The van der Waals surface area contributed by atoms with E-state index in [9.17, 15) is 22.8 Å². The van der Waals surface area contributed by atoms with E-state index >= 15 is 0 Å². The lowest BCUT2D eigenvalue weighted by molar-refractivity contribution is -0.274. The molecule has 0 fully saturated rings. The molecule has 0 spiro atoms. The van der Waals surface area contributed by atoms with Crippen molar-refractivity contribution in [1.29, 1.82) is 0 Å². The first kappa shape index (κ1) is 20.3. The Bertz CT molecular complexity index is 789. The zero-order chi connectivity index (χ0) is 20.4. The Hall–Kier alpha value is -2.97. The fourth-order valence-electron chi connectivity index (χ4n) is 3.00. The molecule has 1 aliphatic heterocycles. The summed E-state index contributed by atoms with van der Waals surface area (Å²) in [6.45, 7) is 3.12. The number of dihydropyridines is 1. The van der Waals surface area contributed by atoms with E-state index in [1.165, 1.54) is 18.2 Å². The van der Waals surface area contributed by atoms with Crippen LogP contribution in [0, 0.1) is 0 Å². The molecule has 0 amide bonds. The predicted octanol–water partition coefficient (Wildman–Crippen LogP) is 3.17. The topological polar surface area (TPSA) is 73.9 Å². The van der Waals surface area contributed by atoms with Crippen molar-refractivity contribution in [2.24, 2.45) is 0 Å². The Morgan fingerprint density at radius 3 is 1.89 bits per heavy atom. The van der Waals surface area contributed by atoms with Crippen molar-refractivity contribution >= 4 is 11.9 Å². The molecule has 0 saturated carbocycles. The van der Waals surface area contributed by atoms with Crippen molar-refractivity contribution in [1.82, 2.24) is 5.32 Å². The number of methoxy groups -OCH3 is 2. The van der Waals surface area contributed by atoms with Crippen LogP contribution < -0.4 is 10.1 Å². The minimum atomic E-state index is -4.95. The van der Waals surface area contributed by atoms with Crippen molar-refractivity contribution < 1.29 is 37.0 Å². The fraction of sp³-hybridized carbons (Fsp3) is 0.333. The van der Waals surface area contributed by atoms with Gasteiger partial charge in [0.15, 0.2) is 0 Å². The highest BCUT2D eigenvalue weighted by atomic mass is 19.4. The molecule has 27 heavy (non-hydrogen) atoms. The molecule has 0 aromatic heterocycles. The average molecular weight is 385 g/mol. The van der Waals surface area contributed by atoms with Gasteiger partial charge in [-0.25, -0.2) is 9.59 Å². The molecule has 9 heteroatoms. The molecule has 0 atom stereocenters. The molecular weight excluding hydrogens is 367 g/mol. The molecule has 6 nitrogen and oxygen atoms in total. The van der Waals surface area contributed by atoms with Gasteiger partial charge in [0.1, 0.15) is 5.75 Å². The van der Waals surface area contributed by atoms with Crippen LogP contribution >= 0.6 is 0 Å². The molecule has 146 valence electrons. The van der Waals surface area contributed by atoms with Gasteiger partial charge in [0.25, 0.3) is 0 Å². The van der Waals surface area contributed by atoms with Crippen LogP contribution in [0.4, 0.5) is 13.2 Å². The van der Waals surface area contributed by atoms with E-state index in [4.69, 9.17) is 9.47 Å². The van der Waals surface area contributed by atoms with E-state index in [1.54, 1.807) is 13.8 Å². The lowest BCUT2D eigenvalue weighted by Crippen LogP contribution is -2.32. The van der Waals surface area contributed by atoms with Crippen molar-refractivity contribution in [3.8, 4) is 5.75 Å². The van der Waals surface area contributed by atoms with Crippen LogP contribution in [0.3, 0.4) is 0 Å². The van der Waals surface area contributed by atoms with Gasteiger partial charge in [0, 0.05) is 17.0 Å². The Labute approximate surface area is 153 Å². The predicted molar refractivity (Wildman–Crippen MR) is 88.4 cm³/mol. The third kappa shape index (κ3) is 4.24. The summed E-state index contributed by atoms with van der Waals surface area (Å²) >= 11 is 0. The second-order valence-corrected chi connectivity index (χ2v) is 5.70. The lowest BCUT2D eigenvalue weighted by atomic mass is 9.80. The summed E-state index contributed by atoms with van der Waals surface area (Å²) in [5.41, 5.74) is 0.650. The maximum Gasteiger partial charge on any atom is 0.573 e. The molecule has 0 radical (unpaired) electrons. The number of carbonyl (C=O) groups is 2. The maximum atomic E-state index is 12.8. The Kier molecular flexibility index (Phi) is 5.82. The van der Waals surface area contributed by atoms with Gasteiger partial charge in [-0.2, -0.15) is 0 Å². The van der Waals surface area contributed by atoms with Crippen LogP contribution in [0.25, 0.3) is 0 Å². The highest BCUT2D eigenvalue weighted by Crippen LogP contribution is 2.43. The molecule has 2 rings (SSSR count). The van der Waals surface area contributed by atoms with Gasteiger partial charge in [-0.3, -0.25) is 0 Å². The quantitative estimate of drug-likeness (QED) is 0.803. The minimum absolute atomic E-state index is 0.0123. The number of alkyl halides is 3. The third-order valence-corrected chi connectivity index (χ3v) is 4.03. The molecule has 0 saturated heterocycles. The highest BCUT2D eigenvalue weighted by molar-refractivity contribution is 6.00. The number of hydrogen-bond donors (Lipinski definition) is 1. The molecule has 0 unspecified atom stereocenters. The summed E-state index contributed by atoms with van der Waals surface area (Å²) < 4.78 is 52.2. The number of nitrogens with one attached hydrogen (secondary N) is 1. The second-order valence-electron chi connectivity index (χ2n) is 5.70. The van der Waals surface area contributed by atoms with E-state index in [-0.39, 0.29) is 16.7 Å². The molecule has 1 aromatic rings. The van der Waals surface area contributed by atoms with E-state index in [2.05, 4.69) is 10.1 Å². The summed E-state index contributed by atoms with van der Waals surface area (Å²) in [6.07, 6.45) is -4.95. The highest BCUT2D eigenvalue weighted by Gasteiger charge is 2.40. The SMILES string of the molecule is COC(=O)C1=C(C)NC(C)=C(C(=O)OC)C1c1ccccc1OC(F)(F)F. The molecule has 1 aliphatic rings. The zero-order valence-electron chi connectivity index (χ0n) is 15.1. The molecule has 1 heterocycles. The van der Waals surface area contributed by atoms with Crippen molar-refractivity contribution in [2.75, 3.05) is 14.2 Å². The Morgan fingerprint density at radius 2 is 1.44 bits per heavy atom. The number of carbonyl (C=O) groups excluding carboxylic acids is 2. The summed E-state index contributed by atoms with van der Waals surface area (Å²) in [7, 11) is 2.28. The van der Waals surface area contributed by atoms with Gasteiger partial charge >= 0.3 is 18.3 Å². The van der Waals surface area contributed by atoms with Gasteiger partial charge in [-0.05, 0) is 19.9 Å². The van der Waals surface area contributed by atoms with Crippen LogP contribution in [0.1, 0.15) is 25.3 Å². The monoisotopic (exact) mass is 385 g/mol. The van der Waals surface area contributed by atoms with Crippen LogP contribution in [0.5, 0.6) is 5.75 Å². The minimum Gasteiger partial charge on any atom is -0.466 e. The first-order valence-electron chi connectivity index (χ1n) is 7.80. The van der Waals surface area contributed by atoms with Gasteiger partial charge in [-0.1, -0.05) is 18.2 Å². The van der Waals surface area contributed by atoms with E-state index in [1.807, 2.05) is 0 Å². The van der Waals surface area contributed by atoms with Crippen LogP contribution in [-0.2, 0) is 19.1 Å². The smallest absolute Gasteiger partial charge is 0.466 e. The van der Waals surface area contributed by atoms with Gasteiger partial charge < -0.3 is 19.5 Å². The number of rotatable bonds is 4. The van der Waals surface area contributed by atoms with Crippen LogP contribution in [0.2, 0.25) is 0 Å². The molecular formula is C18H18F3NO5. The van der Waals surface area contributed by atoms with Crippen LogP contribution in [0.15, 0.2) is 46.8 Å². The summed E-state index contributed by atoms with van der Waals surface area (Å²) in [6, 6.07) is 5.30. The van der Waals surface area contributed by atoms with Crippen molar-refractivity contribution in [2.45, 2.75) is 26.1 Å². The van der Waals surface area contributed by atoms with E-state index in [0.717, 1.165) is 20.3 Å². The summed E-state index contributed by atoms with van der Waals surface area (Å²) in [5, 5.41) is 2.87. The third-order valence-electron chi connectivity index (χ3n) is 4.03. The summed E-state index contributed by atoms with van der Waals surface area (Å²) in [4.78, 5) is 24.7. The number of esters is 2. The number of para-hydroxylation sites is 1. The molecule has 1 N–H and O–H groups in total. The number of hydrogen-bond acceptors (Lipinski definition) is 6. The second kappa shape index (κ2) is 7.73. The van der Waals surface area contributed by atoms with Crippen molar-refractivity contribution in [3.05, 3.63) is 52.4 Å². The largest absolute Gasteiger partial charge is 0.573 e. The lowest BCUT2D eigenvalue weighted by Gasteiger charge is -2.31. The fourth-order valence-corrected chi connectivity index (χ4v) is 3.00. The van der Waals surface area contributed by atoms with E-state index in [0.29, 0.717) is 11.4 Å². The van der Waals surface area contributed by atoms with Gasteiger partial charge in [-0.15, -0.1) is 13.2 Å². The number of ether oxygens (including phenoxy) is 3. The number of benzene rings is 1. The molecule has 0 aliphatic carbocycles. The number of allylic oxidation sites excluding steroid dienone is 2. The maximum absolute atomic E-state index is 12.8. The molecule has 0 bridgehead atoms. The summed E-state index contributed by atoms with van der Waals surface area (Å²) in [5.74, 6) is -3.27. The average Bonchev–Trinajstić information content (AvgIpc) is 2.59. The molecule has 1 aromatic carbocycles. The van der Waals surface area contributed by atoms with Crippen molar-refractivity contribution in [3.63, 3.8) is 0 Å². The van der Waals surface area contributed by atoms with Gasteiger partial charge in [0.05, 0.1) is 31.3 Å². The Balaban J connectivity index is 2.75. The standard InChI is InChI=1S/C18H18F3NO5/c1-9-13(16(23)25-3)15(14(10(2)22-9)17(24)26-4)11-7-5-6-8-12(11)27-18(19,20)21/h5-8,15,22H,1-4H3. The van der Waals surface area contributed by atoms with E-state index < -0.39 is 30.0 Å². The first-order valence-corrected chi connectivity index (χ1v) is 7.80.